The molecule has 0 aromatic heterocycles. The van der Waals surface area contributed by atoms with Gasteiger partial charge in [0.25, 0.3) is 0 Å². The van der Waals surface area contributed by atoms with Crippen LogP contribution in [0.2, 0.25) is 0 Å². The van der Waals surface area contributed by atoms with E-state index < -0.39 is 0 Å². The normalized spacial score (nSPS) is 32.1. The quantitative estimate of drug-likeness (QED) is 0.597. The van der Waals surface area contributed by atoms with Crippen molar-refractivity contribution in [1.29, 1.82) is 0 Å². The second-order valence-electron chi connectivity index (χ2n) is 3.87. The van der Waals surface area contributed by atoms with Crippen LogP contribution in [0, 0.1) is 5.41 Å². The number of hydrogen-bond acceptors (Lipinski definition) is 2. The highest BCUT2D eigenvalue weighted by molar-refractivity contribution is 4.76. The molecule has 0 saturated carbocycles. The summed E-state index contributed by atoms with van der Waals surface area (Å²) in [4.78, 5) is 0. The maximum Gasteiger partial charge on any atom is 0.0697 e. The zero-order valence-electron chi connectivity index (χ0n) is 6.89. The van der Waals surface area contributed by atoms with Crippen LogP contribution in [0.4, 0.5) is 0 Å². The molecule has 0 amide bonds. The van der Waals surface area contributed by atoms with E-state index in [0.29, 0.717) is 18.1 Å². The lowest BCUT2D eigenvalue weighted by atomic mass is 9.85. The Hall–Kier alpha value is -0.0800. The van der Waals surface area contributed by atoms with E-state index in [0.717, 1.165) is 13.0 Å². The first-order valence-corrected chi connectivity index (χ1v) is 3.96. The van der Waals surface area contributed by atoms with Gasteiger partial charge in [-0.05, 0) is 18.3 Å². The van der Waals surface area contributed by atoms with E-state index in [4.69, 9.17) is 10.5 Å². The molecule has 0 aromatic rings. The molecular formula is C8H17NO. The molecule has 1 heterocycles. The molecule has 2 heteroatoms. The second kappa shape index (κ2) is 2.89. The van der Waals surface area contributed by atoms with Crippen molar-refractivity contribution in [2.24, 2.45) is 11.1 Å². The van der Waals surface area contributed by atoms with Crippen LogP contribution in [0.25, 0.3) is 0 Å². The molecule has 1 atom stereocenters. The molecule has 0 spiro atoms. The van der Waals surface area contributed by atoms with E-state index in [1.54, 1.807) is 0 Å². The second-order valence-corrected chi connectivity index (χ2v) is 3.87. The molecule has 1 rings (SSSR count). The van der Waals surface area contributed by atoms with Crippen molar-refractivity contribution >= 4 is 0 Å². The van der Waals surface area contributed by atoms with Crippen molar-refractivity contribution in [2.75, 3.05) is 13.2 Å². The SMILES string of the molecule is CC1(C)CC[C@H](CN)OC1. The molecule has 60 valence electrons. The fourth-order valence-electron chi connectivity index (χ4n) is 1.24. The van der Waals surface area contributed by atoms with Gasteiger partial charge < -0.3 is 10.5 Å². The number of rotatable bonds is 1. The Balaban J connectivity index is 2.31. The molecule has 2 N–H and O–H groups in total. The summed E-state index contributed by atoms with van der Waals surface area (Å²) in [5, 5.41) is 0. The molecule has 0 unspecified atom stereocenters. The zero-order chi connectivity index (χ0) is 7.61. The Bertz CT molecular complexity index is 102. The zero-order valence-corrected chi connectivity index (χ0v) is 6.89. The van der Waals surface area contributed by atoms with E-state index in [1.807, 2.05) is 0 Å². The topological polar surface area (TPSA) is 35.2 Å². The highest BCUT2D eigenvalue weighted by Crippen LogP contribution is 2.29. The molecule has 0 bridgehead atoms. The van der Waals surface area contributed by atoms with Crippen molar-refractivity contribution in [3.8, 4) is 0 Å². The van der Waals surface area contributed by atoms with Gasteiger partial charge in [-0.3, -0.25) is 0 Å². The smallest absolute Gasteiger partial charge is 0.0697 e. The Morgan fingerprint density at radius 3 is 2.70 bits per heavy atom. The molecule has 2 nitrogen and oxygen atoms in total. The van der Waals surface area contributed by atoms with Gasteiger partial charge >= 0.3 is 0 Å². The minimum atomic E-state index is 0.327. The Morgan fingerprint density at radius 2 is 2.30 bits per heavy atom. The average molecular weight is 143 g/mol. The average Bonchev–Trinajstić information content (AvgIpc) is 1.88. The highest BCUT2D eigenvalue weighted by atomic mass is 16.5. The third-order valence-electron chi connectivity index (χ3n) is 2.12. The molecule has 0 aromatic carbocycles. The van der Waals surface area contributed by atoms with Crippen LogP contribution in [0.1, 0.15) is 26.7 Å². The van der Waals surface area contributed by atoms with E-state index in [2.05, 4.69) is 13.8 Å². The van der Waals surface area contributed by atoms with Crippen molar-refractivity contribution < 1.29 is 4.74 Å². The molecular weight excluding hydrogens is 126 g/mol. The Morgan fingerprint density at radius 1 is 1.60 bits per heavy atom. The van der Waals surface area contributed by atoms with Crippen molar-refractivity contribution in [3.63, 3.8) is 0 Å². The van der Waals surface area contributed by atoms with Crippen LogP contribution >= 0.6 is 0 Å². The fraction of sp³-hybridized carbons (Fsp3) is 1.00. The van der Waals surface area contributed by atoms with Gasteiger partial charge in [-0.2, -0.15) is 0 Å². The molecule has 1 fully saturated rings. The van der Waals surface area contributed by atoms with Gasteiger partial charge in [-0.25, -0.2) is 0 Å². The predicted octanol–water partition coefficient (Wildman–Crippen LogP) is 1.15. The largest absolute Gasteiger partial charge is 0.376 e. The van der Waals surface area contributed by atoms with E-state index in [-0.39, 0.29) is 0 Å². The molecule has 1 saturated heterocycles. The molecule has 0 aliphatic carbocycles. The van der Waals surface area contributed by atoms with Gasteiger partial charge in [0.15, 0.2) is 0 Å². The summed E-state index contributed by atoms with van der Waals surface area (Å²) in [6.45, 7) is 6.02. The first kappa shape index (κ1) is 8.02. The number of hydrogen-bond donors (Lipinski definition) is 1. The monoisotopic (exact) mass is 143 g/mol. The van der Waals surface area contributed by atoms with Gasteiger partial charge in [0.2, 0.25) is 0 Å². The minimum Gasteiger partial charge on any atom is -0.376 e. The Labute approximate surface area is 62.7 Å². The van der Waals surface area contributed by atoms with Crippen molar-refractivity contribution in [1.82, 2.24) is 0 Å². The van der Waals surface area contributed by atoms with E-state index >= 15 is 0 Å². The summed E-state index contributed by atoms with van der Waals surface area (Å²) >= 11 is 0. The van der Waals surface area contributed by atoms with Crippen LogP contribution < -0.4 is 5.73 Å². The van der Waals surface area contributed by atoms with Crippen molar-refractivity contribution in [2.45, 2.75) is 32.8 Å². The van der Waals surface area contributed by atoms with Gasteiger partial charge in [-0.1, -0.05) is 13.8 Å². The van der Waals surface area contributed by atoms with Gasteiger partial charge in [0.1, 0.15) is 0 Å². The summed E-state index contributed by atoms with van der Waals surface area (Å²) < 4.78 is 5.52. The summed E-state index contributed by atoms with van der Waals surface area (Å²) in [6, 6.07) is 0. The fourth-order valence-corrected chi connectivity index (χ4v) is 1.24. The summed E-state index contributed by atoms with van der Waals surface area (Å²) in [6.07, 6.45) is 2.70. The molecule has 10 heavy (non-hydrogen) atoms. The highest BCUT2D eigenvalue weighted by Gasteiger charge is 2.26. The Kier molecular flexibility index (Phi) is 2.32. The van der Waals surface area contributed by atoms with Crippen LogP contribution in [-0.2, 0) is 4.74 Å². The first-order chi connectivity index (χ1) is 4.64. The van der Waals surface area contributed by atoms with E-state index in [1.165, 1.54) is 6.42 Å². The third kappa shape index (κ3) is 1.96. The van der Waals surface area contributed by atoms with E-state index in [9.17, 15) is 0 Å². The predicted molar refractivity (Wildman–Crippen MR) is 41.8 cm³/mol. The minimum absolute atomic E-state index is 0.327. The number of ether oxygens (including phenoxy) is 1. The maximum atomic E-state index is 5.52. The lowest BCUT2D eigenvalue weighted by Crippen LogP contribution is -2.35. The van der Waals surface area contributed by atoms with Gasteiger partial charge in [0, 0.05) is 6.54 Å². The summed E-state index contributed by atoms with van der Waals surface area (Å²) in [7, 11) is 0. The lowest BCUT2D eigenvalue weighted by Gasteiger charge is -2.33. The van der Waals surface area contributed by atoms with Crippen LogP contribution in [0.3, 0.4) is 0 Å². The molecule has 0 radical (unpaired) electrons. The van der Waals surface area contributed by atoms with Crippen LogP contribution in [-0.4, -0.2) is 19.3 Å². The van der Waals surface area contributed by atoms with Crippen LogP contribution in [0.15, 0.2) is 0 Å². The standard InChI is InChI=1S/C8H17NO/c1-8(2)4-3-7(5-9)10-6-8/h7H,3-6,9H2,1-2H3/t7-/m1/s1. The van der Waals surface area contributed by atoms with Crippen molar-refractivity contribution in [3.05, 3.63) is 0 Å². The molecule has 1 aliphatic rings. The number of nitrogens with two attached hydrogens (primary N) is 1. The van der Waals surface area contributed by atoms with Gasteiger partial charge in [0.05, 0.1) is 12.7 Å². The summed E-state index contributed by atoms with van der Waals surface area (Å²) in [5.74, 6) is 0. The lowest BCUT2D eigenvalue weighted by molar-refractivity contribution is -0.0430. The van der Waals surface area contributed by atoms with Crippen LogP contribution in [0.5, 0.6) is 0 Å². The first-order valence-electron chi connectivity index (χ1n) is 3.96. The summed E-state index contributed by atoms with van der Waals surface area (Å²) in [5.41, 5.74) is 5.85. The maximum absolute atomic E-state index is 5.52. The van der Waals surface area contributed by atoms with Gasteiger partial charge in [-0.15, -0.1) is 0 Å². The molecule has 1 aliphatic heterocycles. The third-order valence-corrected chi connectivity index (χ3v) is 2.12.